The van der Waals surface area contributed by atoms with E-state index >= 15 is 9.59 Å². The van der Waals surface area contributed by atoms with Crippen molar-refractivity contribution in [3.8, 4) is 0 Å². The third kappa shape index (κ3) is 28.9. The molecule has 34 nitrogen and oxygen atoms in total. The molecule has 4 heterocycles. The molecule has 35 heteroatoms. The van der Waals surface area contributed by atoms with Gasteiger partial charge in [0, 0.05) is 82.2 Å². The van der Waals surface area contributed by atoms with Gasteiger partial charge >= 0.3 is 5.97 Å². The van der Waals surface area contributed by atoms with Crippen LogP contribution in [0.15, 0.2) is 139 Å². The monoisotopic (exact) mass is 1580 g/mol. The van der Waals surface area contributed by atoms with Gasteiger partial charge < -0.3 is 90.8 Å². The topological polar surface area (TPSA) is 527 Å². The molecule has 1 fully saturated rings. The van der Waals surface area contributed by atoms with E-state index in [2.05, 4.69) is 78.4 Å². The van der Waals surface area contributed by atoms with Crippen LogP contribution in [-0.4, -0.2) is 206 Å². The van der Waals surface area contributed by atoms with E-state index in [4.69, 9.17) is 28.8 Å². The standard InChI is InChI=1S/C78H100ClN19O15/c1-45(2)37-59(70(105)93-58(21-13-35-87-78(81)82)76(111)98-36-14-22-64(98)75(110)89-46(3)77(112)113)94-69(104)57(20-12-34-85-66(101)53-27-30-65(80)88-43-53)91-68(103)56(19-8-10-33-86-67(102)55-18-7-9-32-84-55)92-74(109)63(44-99)97-73(108)62(41-50-15-11-31-83-42-50)96-72(107)61(39-48-24-28-54(79)29-25-48)95-71(106)60(90-47(4)100)40-49-23-26-51-16-5-6-17-52(51)38-49/h5-7,9,11,15-18,23-32,38,42-43,45-46,56-64,99H,8,10,12-14,19-22,33-37,39-41,44H2,1-4H3,(H2,80,88)(H,85,101)(H,86,102)(H,89,110)(H,90,100)(H,91,103)(H,92,109)(H,93,105)(H,94,104)(H,95,106)(H,96,107)(H,97,108)(H,112,113)(H4,81,82,87)/t46-,56-,57-,58-,59-,60-,61-,62-,63-,64+/m0/s1. The lowest BCUT2D eigenvalue weighted by Gasteiger charge is -2.31. The zero-order valence-corrected chi connectivity index (χ0v) is 64.1. The molecule has 10 atom stereocenters. The maximum absolute atomic E-state index is 15.1. The van der Waals surface area contributed by atoms with E-state index in [1.807, 2.05) is 42.5 Å². The highest BCUT2D eigenvalue weighted by Gasteiger charge is 2.40. The summed E-state index contributed by atoms with van der Waals surface area (Å²) in [6, 6.07) is 16.0. The number of aromatic nitrogens is 3. The van der Waals surface area contributed by atoms with Crippen LogP contribution < -0.4 is 75.7 Å². The minimum absolute atomic E-state index is 0.0149. The molecule has 7 rings (SSSR count). The van der Waals surface area contributed by atoms with Gasteiger partial charge in [0.1, 0.15) is 71.9 Å². The Balaban J connectivity index is 1.16. The van der Waals surface area contributed by atoms with Gasteiger partial charge in [-0.05, 0) is 147 Å². The molecule has 12 amide bonds. The van der Waals surface area contributed by atoms with Crippen molar-refractivity contribution in [1.29, 1.82) is 0 Å². The molecule has 6 aromatic rings. The number of carboxylic acid groups (broad SMARTS) is 1. The Morgan fingerprint density at radius 2 is 1.11 bits per heavy atom. The number of pyridine rings is 3. The quantitative estimate of drug-likeness (QED) is 0.0142. The molecule has 604 valence electrons. The summed E-state index contributed by atoms with van der Waals surface area (Å²) in [4.78, 5) is 200. The molecule has 1 aliphatic heterocycles. The number of fused-ring (bicyclic) bond motifs is 1. The molecule has 19 N–H and O–H groups in total. The number of carbonyl (C=O) groups excluding carboxylic acids is 12. The fourth-order valence-electron chi connectivity index (χ4n) is 12.5. The molecule has 3 aromatic carbocycles. The molecule has 1 aliphatic rings. The minimum atomic E-state index is -1.87. The van der Waals surface area contributed by atoms with Crippen LogP contribution in [0.4, 0.5) is 5.82 Å². The number of unbranched alkanes of at least 4 members (excludes halogenated alkanes) is 1. The van der Waals surface area contributed by atoms with Crippen LogP contribution in [0.1, 0.15) is 129 Å². The Labute approximate surface area is 658 Å². The normalized spacial score (nSPS) is 14.8. The number of hydrogen-bond donors (Lipinski definition) is 16. The number of anilines is 1. The molecule has 0 saturated carbocycles. The number of aliphatic carboxylic acids is 1. The van der Waals surface area contributed by atoms with E-state index < -0.39 is 144 Å². The summed E-state index contributed by atoms with van der Waals surface area (Å²) < 4.78 is 0. The molecule has 0 radical (unpaired) electrons. The number of nitrogens with zero attached hydrogens (tertiary/aromatic N) is 5. The molecule has 0 spiro atoms. The fraction of sp³-hybridized carbons (Fsp3) is 0.423. The Morgan fingerprint density at radius 3 is 1.72 bits per heavy atom. The van der Waals surface area contributed by atoms with Gasteiger partial charge in [0.2, 0.25) is 59.1 Å². The Morgan fingerprint density at radius 1 is 0.549 bits per heavy atom. The van der Waals surface area contributed by atoms with Gasteiger partial charge in [-0.15, -0.1) is 0 Å². The number of nitrogen functional groups attached to an aromatic ring is 1. The summed E-state index contributed by atoms with van der Waals surface area (Å²) in [6.45, 7) is 4.98. The number of carboxylic acids is 1. The number of likely N-dealkylation sites (tertiary alicyclic amines) is 1. The van der Waals surface area contributed by atoms with Gasteiger partial charge in [-0.2, -0.15) is 0 Å². The van der Waals surface area contributed by atoms with E-state index in [-0.39, 0.29) is 132 Å². The summed E-state index contributed by atoms with van der Waals surface area (Å²) in [5.74, 6) is -11.3. The number of nitrogens with two attached hydrogens (primary N) is 3. The second-order valence-corrected chi connectivity index (χ2v) is 28.3. The summed E-state index contributed by atoms with van der Waals surface area (Å²) >= 11 is 6.26. The van der Waals surface area contributed by atoms with Crippen LogP contribution in [0.5, 0.6) is 0 Å². The van der Waals surface area contributed by atoms with Crippen molar-refractivity contribution in [2.45, 2.75) is 172 Å². The van der Waals surface area contributed by atoms with Crippen molar-refractivity contribution < 1.29 is 72.5 Å². The van der Waals surface area contributed by atoms with Gasteiger partial charge in [0.15, 0.2) is 5.96 Å². The summed E-state index contributed by atoms with van der Waals surface area (Å²) in [5.41, 5.74) is 18.8. The number of aliphatic hydroxyl groups is 1. The number of benzene rings is 3. The van der Waals surface area contributed by atoms with Gasteiger partial charge in [-0.3, -0.25) is 77.3 Å². The predicted molar refractivity (Wildman–Crippen MR) is 419 cm³/mol. The number of hydrogen-bond acceptors (Lipinski definition) is 19. The van der Waals surface area contributed by atoms with E-state index in [1.54, 1.807) is 62.4 Å². The first-order valence-electron chi connectivity index (χ1n) is 37.3. The molecule has 0 unspecified atom stereocenters. The third-order valence-corrected chi connectivity index (χ3v) is 18.6. The minimum Gasteiger partial charge on any atom is -0.480 e. The van der Waals surface area contributed by atoms with Crippen LogP contribution in [0.2, 0.25) is 5.02 Å². The van der Waals surface area contributed by atoms with Crippen LogP contribution in [0.25, 0.3) is 10.8 Å². The van der Waals surface area contributed by atoms with Gasteiger partial charge in [0.25, 0.3) is 11.8 Å². The molecule has 0 bridgehead atoms. The second-order valence-electron chi connectivity index (χ2n) is 27.8. The average molecular weight is 1580 g/mol. The average Bonchev–Trinajstić information content (AvgIpc) is 1.74. The van der Waals surface area contributed by atoms with Crippen molar-refractivity contribution in [3.63, 3.8) is 0 Å². The van der Waals surface area contributed by atoms with Crippen LogP contribution >= 0.6 is 11.6 Å². The largest absolute Gasteiger partial charge is 0.480 e. The zero-order valence-electron chi connectivity index (χ0n) is 63.3. The van der Waals surface area contributed by atoms with Gasteiger partial charge in [-0.1, -0.05) is 92.2 Å². The lowest BCUT2D eigenvalue weighted by atomic mass is 9.99. The van der Waals surface area contributed by atoms with Crippen LogP contribution in [0.3, 0.4) is 0 Å². The van der Waals surface area contributed by atoms with E-state index in [0.29, 0.717) is 28.1 Å². The smallest absolute Gasteiger partial charge is 0.325 e. The molecular formula is C78H100ClN19O15. The Hall–Kier alpha value is -12.2. The zero-order chi connectivity index (χ0) is 82.1. The first-order valence-corrected chi connectivity index (χ1v) is 37.6. The summed E-state index contributed by atoms with van der Waals surface area (Å²) in [6.07, 6.45) is 5.54. The third-order valence-electron chi connectivity index (χ3n) is 18.4. The number of guanidine groups is 1. The summed E-state index contributed by atoms with van der Waals surface area (Å²) in [5, 5.41) is 52.1. The fourth-order valence-corrected chi connectivity index (χ4v) is 12.6. The van der Waals surface area contributed by atoms with Crippen molar-refractivity contribution in [2.24, 2.45) is 22.4 Å². The number of amides is 12. The molecule has 113 heavy (non-hydrogen) atoms. The van der Waals surface area contributed by atoms with Crippen molar-refractivity contribution >= 4 is 111 Å². The van der Waals surface area contributed by atoms with Gasteiger partial charge in [-0.25, -0.2) is 4.98 Å². The highest BCUT2D eigenvalue weighted by Crippen LogP contribution is 2.22. The lowest BCUT2D eigenvalue weighted by Crippen LogP contribution is -2.61. The number of rotatable bonds is 43. The lowest BCUT2D eigenvalue weighted by molar-refractivity contribution is -0.144. The Kier molecular flexibility index (Phi) is 34.7. The number of carbonyl (C=O) groups is 13. The van der Waals surface area contributed by atoms with Crippen LogP contribution in [-0.2, 0) is 72.0 Å². The maximum Gasteiger partial charge on any atom is 0.325 e. The first kappa shape index (κ1) is 88.0. The maximum atomic E-state index is 15.1. The van der Waals surface area contributed by atoms with E-state index in [0.717, 1.165) is 10.8 Å². The molecule has 0 aliphatic carbocycles. The predicted octanol–water partition coefficient (Wildman–Crippen LogP) is 0.669. The second kappa shape index (κ2) is 44.6. The Bertz CT molecular complexity index is 4290. The molecular weight excluding hydrogens is 1480 g/mol. The van der Waals surface area contributed by atoms with E-state index in [1.165, 1.54) is 61.7 Å². The number of aliphatic imine (C=N–C) groups is 1. The van der Waals surface area contributed by atoms with Crippen molar-refractivity contribution in [3.05, 3.63) is 167 Å². The number of aliphatic hydroxyl groups excluding tert-OH is 1. The molecule has 3 aromatic heterocycles. The van der Waals surface area contributed by atoms with E-state index in [9.17, 15) is 63.0 Å². The molecule has 1 saturated heterocycles. The number of nitrogens with one attached hydrogen (secondary N) is 11. The highest BCUT2D eigenvalue weighted by atomic mass is 35.5. The van der Waals surface area contributed by atoms with Crippen molar-refractivity contribution in [2.75, 3.05) is 38.5 Å². The van der Waals surface area contributed by atoms with Crippen molar-refractivity contribution in [1.82, 2.24) is 78.3 Å². The SMILES string of the molecule is CC(=O)N[C@@H](Cc1ccc2ccccc2c1)C(=O)N[C@@H](Cc1ccc(Cl)cc1)C(=O)N[C@@H](Cc1cccnc1)C(=O)N[C@@H](CO)C(=O)N[C@@H](CCCCNC(=O)c1ccccn1)C(=O)N[C@@H](CCCNC(=O)c1ccc(N)nc1)C(=O)N[C@@H](CC(C)C)C(=O)N[C@@H](CCCN=C(N)N)C(=O)N1CCC[C@@H]1C(=O)N[C@@H](C)C(=O)O. The first-order chi connectivity index (χ1) is 54.0. The highest BCUT2D eigenvalue weighted by molar-refractivity contribution is 6.30. The summed E-state index contributed by atoms with van der Waals surface area (Å²) in [7, 11) is 0. The number of halogens is 1. The van der Waals surface area contributed by atoms with Crippen LogP contribution in [0, 0.1) is 5.92 Å². The van der Waals surface area contributed by atoms with Gasteiger partial charge in [0.05, 0.1) is 12.2 Å².